The Hall–Kier alpha value is -4.87. The maximum absolute atomic E-state index is 13.9. The Morgan fingerprint density at radius 2 is 1.96 bits per heavy atom. The second-order valence-electron chi connectivity index (χ2n) is 10.7. The molecule has 1 aromatic carbocycles. The lowest BCUT2D eigenvalue weighted by Gasteiger charge is -2.09. The van der Waals surface area contributed by atoms with Crippen molar-refractivity contribution in [3.63, 3.8) is 0 Å². The highest BCUT2D eigenvalue weighted by molar-refractivity contribution is 7.18. The lowest BCUT2D eigenvalue weighted by Crippen LogP contribution is -2.24. The fourth-order valence-electron chi connectivity index (χ4n) is 4.88. The molecule has 45 heavy (non-hydrogen) atoms. The molecule has 1 amide bonds. The Morgan fingerprint density at radius 1 is 1.07 bits per heavy atom. The summed E-state index contributed by atoms with van der Waals surface area (Å²) in [6, 6.07) is 8.92. The molecule has 5 heterocycles. The van der Waals surface area contributed by atoms with Crippen LogP contribution in [0, 0.1) is 18.2 Å². The number of carbonyl (C=O) groups excluding carboxylic acids is 1. The van der Waals surface area contributed by atoms with Gasteiger partial charge in [-0.15, -0.1) is 12.3 Å². The van der Waals surface area contributed by atoms with Gasteiger partial charge in [0.2, 0.25) is 5.91 Å². The van der Waals surface area contributed by atoms with E-state index in [0.29, 0.717) is 49.3 Å². The van der Waals surface area contributed by atoms with Gasteiger partial charge in [-0.05, 0) is 29.8 Å². The van der Waals surface area contributed by atoms with E-state index in [0.717, 1.165) is 58.2 Å². The van der Waals surface area contributed by atoms with Gasteiger partial charge in [0, 0.05) is 64.4 Å². The molecule has 4 N–H and O–H groups in total. The second kappa shape index (κ2) is 13.8. The summed E-state index contributed by atoms with van der Waals surface area (Å²) in [7, 11) is 0. The number of carbonyl (C=O) groups is 1. The van der Waals surface area contributed by atoms with Crippen molar-refractivity contribution in [2.45, 2.75) is 57.3 Å². The number of H-pyrrole nitrogens is 1. The van der Waals surface area contributed by atoms with Crippen LogP contribution in [0.15, 0.2) is 53.1 Å². The normalized spacial score (nSPS) is 13.2. The highest BCUT2D eigenvalue weighted by atomic mass is 32.1. The van der Waals surface area contributed by atoms with Crippen LogP contribution in [0.5, 0.6) is 0 Å². The Kier molecular flexibility index (Phi) is 9.27. The predicted octanol–water partition coefficient (Wildman–Crippen LogP) is 4.46. The second-order valence-corrected chi connectivity index (χ2v) is 11.8. The Balaban J connectivity index is 0.933. The SMILES string of the molecule is C#CCCC1(CCC(=O)NCc2ccc3[nH]c(CCNCCc4nc5c(NCc6ncccc6F)ncnc5s4)nc3c2)N=N1. The molecule has 0 unspecified atom stereocenters. The number of terminal acetylenes is 1. The Morgan fingerprint density at radius 3 is 2.80 bits per heavy atom. The van der Waals surface area contributed by atoms with Gasteiger partial charge in [0.05, 0.1) is 28.3 Å². The van der Waals surface area contributed by atoms with E-state index in [1.807, 2.05) is 18.2 Å². The van der Waals surface area contributed by atoms with Gasteiger partial charge in [0.25, 0.3) is 0 Å². The van der Waals surface area contributed by atoms with Crippen LogP contribution in [0.1, 0.15) is 47.8 Å². The quantitative estimate of drug-likeness (QED) is 0.0925. The van der Waals surface area contributed by atoms with E-state index in [2.05, 4.69) is 52.0 Å². The Labute approximate surface area is 262 Å². The number of imidazole rings is 1. The molecule has 12 nitrogen and oxygen atoms in total. The molecule has 0 radical (unpaired) electrons. The van der Waals surface area contributed by atoms with Crippen molar-refractivity contribution >= 4 is 44.4 Å². The van der Waals surface area contributed by atoms with E-state index in [1.54, 1.807) is 12.3 Å². The molecule has 0 saturated carbocycles. The number of thiazole rings is 1. The third-order valence-corrected chi connectivity index (χ3v) is 8.47. The third kappa shape index (κ3) is 7.81. The zero-order valence-corrected chi connectivity index (χ0v) is 25.3. The molecule has 0 saturated heterocycles. The molecule has 0 spiro atoms. The van der Waals surface area contributed by atoms with Crippen LogP contribution >= 0.6 is 11.3 Å². The summed E-state index contributed by atoms with van der Waals surface area (Å²) < 4.78 is 13.9. The largest absolute Gasteiger partial charge is 0.362 e. The van der Waals surface area contributed by atoms with Crippen LogP contribution < -0.4 is 16.0 Å². The fraction of sp³-hybridized carbons (Fsp3) is 0.355. The van der Waals surface area contributed by atoms with Gasteiger partial charge in [-0.1, -0.05) is 17.4 Å². The van der Waals surface area contributed by atoms with Crippen LogP contribution in [-0.4, -0.2) is 54.6 Å². The number of hydrogen-bond donors (Lipinski definition) is 4. The van der Waals surface area contributed by atoms with Crippen LogP contribution in [0.3, 0.4) is 0 Å². The highest BCUT2D eigenvalue weighted by Crippen LogP contribution is 2.37. The first kappa shape index (κ1) is 30.2. The zero-order chi connectivity index (χ0) is 31.1. The lowest BCUT2D eigenvalue weighted by molar-refractivity contribution is -0.121. The van der Waals surface area contributed by atoms with Gasteiger partial charge in [-0.25, -0.2) is 24.3 Å². The highest BCUT2D eigenvalue weighted by Gasteiger charge is 2.39. The van der Waals surface area contributed by atoms with E-state index in [4.69, 9.17) is 16.4 Å². The Bertz CT molecular complexity index is 1870. The van der Waals surface area contributed by atoms with Gasteiger partial charge in [0.15, 0.2) is 11.5 Å². The zero-order valence-electron chi connectivity index (χ0n) is 24.5. The number of nitrogens with one attached hydrogen (secondary N) is 4. The van der Waals surface area contributed by atoms with Gasteiger partial charge in [0.1, 0.15) is 28.3 Å². The van der Waals surface area contributed by atoms with Gasteiger partial charge < -0.3 is 20.9 Å². The molecule has 0 aliphatic carbocycles. The number of halogens is 1. The van der Waals surface area contributed by atoms with Crippen LogP contribution in [0.2, 0.25) is 0 Å². The maximum atomic E-state index is 13.9. The number of aromatic amines is 1. The molecule has 4 aromatic heterocycles. The minimum Gasteiger partial charge on any atom is -0.362 e. The average Bonchev–Trinajstić information content (AvgIpc) is 3.50. The number of pyridine rings is 1. The molecular formula is C31H32FN11OS. The number of anilines is 1. The summed E-state index contributed by atoms with van der Waals surface area (Å²) in [6.45, 7) is 2.13. The average molecular weight is 626 g/mol. The van der Waals surface area contributed by atoms with Crippen LogP contribution in [0.25, 0.3) is 21.4 Å². The molecular weight excluding hydrogens is 593 g/mol. The monoisotopic (exact) mass is 625 g/mol. The summed E-state index contributed by atoms with van der Waals surface area (Å²) in [5.41, 5.74) is 3.35. The molecule has 0 fully saturated rings. The van der Waals surface area contributed by atoms with E-state index in [-0.39, 0.29) is 18.3 Å². The number of nitrogens with zero attached hydrogens (tertiary/aromatic N) is 7. The number of benzene rings is 1. The van der Waals surface area contributed by atoms with E-state index < -0.39 is 5.66 Å². The smallest absolute Gasteiger partial charge is 0.220 e. The van der Waals surface area contributed by atoms with Crippen molar-refractivity contribution < 1.29 is 9.18 Å². The molecule has 1 aliphatic heterocycles. The van der Waals surface area contributed by atoms with Gasteiger partial charge in [-0.2, -0.15) is 10.2 Å². The van der Waals surface area contributed by atoms with Gasteiger partial charge >= 0.3 is 0 Å². The van der Waals surface area contributed by atoms with Crippen molar-refractivity contribution in [2.24, 2.45) is 10.2 Å². The predicted molar refractivity (Wildman–Crippen MR) is 170 cm³/mol. The molecule has 0 atom stereocenters. The summed E-state index contributed by atoms with van der Waals surface area (Å²) in [5, 5.41) is 18.7. The molecule has 14 heteroatoms. The topological polar surface area (TPSA) is 158 Å². The summed E-state index contributed by atoms with van der Waals surface area (Å²) >= 11 is 1.52. The van der Waals surface area contributed by atoms with E-state index in [1.165, 1.54) is 23.7 Å². The standard InChI is InChI=1S/C31H32FN11OS/c1-2-3-11-31(42-43-31)12-8-26(44)35-17-20-6-7-22-23(16-20)40-25(39-22)9-14-33-15-10-27-41-28-29(37-19-38-30(28)45-27)36-18-24-21(32)5-4-13-34-24/h1,4-7,13,16,19,33H,3,8-12,14-15,17-18H2,(H,35,44)(H,39,40)(H,36,37,38). The maximum Gasteiger partial charge on any atom is 0.220 e. The molecule has 5 aromatic rings. The van der Waals surface area contributed by atoms with Crippen molar-refractivity contribution in [2.75, 3.05) is 18.4 Å². The lowest BCUT2D eigenvalue weighted by atomic mass is 10.0. The fourth-order valence-corrected chi connectivity index (χ4v) is 5.78. The van der Waals surface area contributed by atoms with Crippen molar-refractivity contribution in [1.29, 1.82) is 0 Å². The van der Waals surface area contributed by atoms with E-state index in [9.17, 15) is 9.18 Å². The first-order valence-corrected chi connectivity index (χ1v) is 15.6. The van der Waals surface area contributed by atoms with Crippen LogP contribution in [-0.2, 0) is 30.7 Å². The van der Waals surface area contributed by atoms with Crippen LogP contribution in [0.4, 0.5) is 10.2 Å². The minimum absolute atomic E-state index is 0.0329. The molecule has 0 bridgehead atoms. The summed E-state index contributed by atoms with van der Waals surface area (Å²) in [4.78, 5) is 38.7. The molecule has 230 valence electrons. The minimum atomic E-state index is -0.444. The molecule has 6 rings (SSSR count). The number of aromatic nitrogens is 6. The van der Waals surface area contributed by atoms with Crippen molar-refractivity contribution in [3.8, 4) is 12.3 Å². The third-order valence-electron chi connectivity index (χ3n) is 7.44. The summed E-state index contributed by atoms with van der Waals surface area (Å²) in [5.74, 6) is 3.65. The van der Waals surface area contributed by atoms with E-state index >= 15 is 0 Å². The number of amides is 1. The van der Waals surface area contributed by atoms with Gasteiger partial charge in [-0.3, -0.25) is 9.78 Å². The molecule has 1 aliphatic rings. The number of hydrogen-bond acceptors (Lipinski definition) is 11. The number of fused-ring (bicyclic) bond motifs is 2. The van der Waals surface area contributed by atoms with Crippen molar-refractivity contribution in [1.82, 2.24) is 40.5 Å². The number of rotatable bonds is 16. The first-order valence-electron chi connectivity index (χ1n) is 14.8. The summed E-state index contributed by atoms with van der Waals surface area (Å²) in [6.07, 6.45) is 12.1. The van der Waals surface area contributed by atoms with Crippen molar-refractivity contribution in [3.05, 3.63) is 70.8 Å². The first-order chi connectivity index (χ1) is 22.0.